The molecule has 0 spiro atoms. The van der Waals surface area contributed by atoms with E-state index < -0.39 is 11.9 Å². The van der Waals surface area contributed by atoms with Gasteiger partial charge in [-0.2, -0.15) is 5.26 Å². The van der Waals surface area contributed by atoms with Crippen molar-refractivity contribution in [1.29, 1.82) is 5.26 Å². The summed E-state index contributed by atoms with van der Waals surface area (Å²) in [5.74, 6) is -1.70. The lowest BCUT2D eigenvalue weighted by molar-refractivity contribution is -0.112. The number of carbonyl (C=O) groups excluding carboxylic acids is 1. The zero-order valence-corrected chi connectivity index (χ0v) is 17.9. The van der Waals surface area contributed by atoms with Crippen molar-refractivity contribution in [2.75, 3.05) is 5.32 Å². The highest BCUT2D eigenvalue weighted by Gasteiger charge is 2.14. The van der Waals surface area contributed by atoms with Gasteiger partial charge in [-0.25, -0.2) is 4.79 Å². The SMILES string of the molecule is Cc1cc(C=C(C#N)C(=O)Nc2cccc(C(=O)O)c2)c(C)n1-c1ccc(Br)cc1. The van der Waals surface area contributed by atoms with Crippen molar-refractivity contribution in [3.63, 3.8) is 0 Å². The molecular weight excluding hydrogens is 446 g/mol. The van der Waals surface area contributed by atoms with E-state index in [0.717, 1.165) is 27.1 Å². The average Bonchev–Trinajstić information content (AvgIpc) is 3.00. The Balaban J connectivity index is 1.91. The normalized spacial score (nSPS) is 11.1. The molecule has 3 aromatic rings. The van der Waals surface area contributed by atoms with Crippen molar-refractivity contribution in [3.05, 3.63) is 87.2 Å². The molecule has 0 unspecified atom stereocenters. The number of hydrogen-bond acceptors (Lipinski definition) is 3. The number of aryl methyl sites for hydroxylation is 1. The maximum absolute atomic E-state index is 12.6. The third kappa shape index (κ3) is 4.50. The van der Waals surface area contributed by atoms with Gasteiger partial charge in [0.15, 0.2) is 0 Å². The summed E-state index contributed by atoms with van der Waals surface area (Å²) in [6, 6.07) is 17.6. The molecule has 0 fully saturated rings. The van der Waals surface area contributed by atoms with Crippen LogP contribution in [0.15, 0.2) is 64.6 Å². The summed E-state index contributed by atoms with van der Waals surface area (Å²) < 4.78 is 3.02. The van der Waals surface area contributed by atoms with Crippen molar-refractivity contribution in [1.82, 2.24) is 4.57 Å². The van der Waals surface area contributed by atoms with E-state index in [9.17, 15) is 14.9 Å². The highest BCUT2D eigenvalue weighted by molar-refractivity contribution is 9.10. The molecule has 3 rings (SSSR count). The number of aromatic nitrogens is 1. The predicted molar refractivity (Wildman–Crippen MR) is 119 cm³/mol. The number of carbonyl (C=O) groups is 2. The number of benzene rings is 2. The average molecular weight is 464 g/mol. The fraction of sp³-hybridized carbons (Fsp3) is 0.0870. The molecule has 6 nitrogen and oxygen atoms in total. The molecule has 30 heavy (non-hydrogen) atoms. The molecular formula is C23H18BrN3O3. The molecule has 0 saturated heterocycles. The number of rotatable bonds is 5. The van der Waals surface area contributed by atoms with Crippen molar-refractivity contribution in [3.8, 4) is 11.8 Å². The van der Waals surface area contributed by atoms with Crippen LogP contribution in [0.1, 0.15) is 27.3 Å². The maximum atomic E-state index is 12.6. The highest BCUT2D eigenvalue weighted by atomic mass is 79.9. The Bertz CT molecular complexity index is 1200. The molecule has 0 atom stereocenters. The van der Waals surface area contributed by atoms with Crippen LogP contribution in [0.25, 0.3) is 11.8 Å². The smallest absolute Gasteiger partial charge is 0.335 e. The summed E-state index contributed by atoms with van der Waals surface area (Å²) in [5.41, 5.74) is 3.86. The van der Waals surface area contributed by atoms with E-state index >= 15 is 0 Å². The lowest BCUT2D eigenvalue weighted by Gasteiger charge is -2.10. The minimum atomic E-state index is -1.09. The third-order valence-corrected chi connectivity index (χ3v) is 5.12. The minimum absolute atomic E-state index is 0.0494. The highest BCUT2D eigenvalue weighted by Crippen LogP contribution is 2.24. The number of carboxylic acids is 1. The van der Waals surface area contributed by atoms with E-state index in [1.54, 1.807) is 6.07 Å². The first-order valence-corrected chi connectivity index (χ1v) is 9.81. The molecule has 0 bridgehead atoms. The number of nitrogens with one attached hydrogen (secondary N) is 1. The van der Waals surface area contributed by atoms with E-state index in [0.29, 0.717) is 5.69 Å². The minimum Gasteiger partial charge on any atom is -0.478 e. The number of nitriles is 1. The summed E-state index contributed by atoms with van der Waals surface area (Å²) in [5, 5.41) is 21.2. The quantitative estimate of drug-likeness (QED) is 0.406. The monoisotopic (exact) mass is 463 g/mol. The molecule has 0 aliphatic heterocycles. The Morgan fingerprint density at radius 3 is 2.47 bits per heavy atom. The van der Waals surface area contributed by atoms with Crippen LogP contribution >= 0.6 is 15.9 Å². The molecule has 0 aliphatic carbocycles. The number of aromatic carboxylic acids is 1. The topological polar surface area (TPSA) is 95.1 Å². The van der Waals surface area contributed by atoms with Gasteiger partial charge in [0.25, 0.3) is 5.91 Å². The molecule has 1 heterocycles. The van der Waals surface area contributed by atoms with Gasteiger partial charge >= 0.3 is 5.97 Å². The van der Waals surface area contributed by atoms with Crippen LogP contribution in [0.2, 0.25) is 0 Å². The van der Waals surface area contributed by atoms with E-state index in [4.69, 9.17) is 5.11 Å². The van der Waals surface area contributed by atoms with Crippen LogP contribution in [0, 0.1) is 25.2 Å². The summed E-state index contributed by atoms with van der Waals surface area (Å²) in [7, 11) is 0. The number of halogens is 1. The maximum Gasteiger partial charge on any atom is 0.335 e. The zero-order chi connectivity index (χ0) is 21.8. The van der Waals surface area contributed by atoms with E-state index in [-0.39, 0.29) is 11.1 Å². The van der Waals surface area contributed by atoms with Crippen LogP contribution in [0.4, 0.5) is 5.69 Å². The molecule has 150 valence electrons. The number of carboxylic acid groups (broad SMARTS) is 1. The van der Waals surface area contributed by atoms with Crippen molar-refractivity contribution < 1.29 is 14.7 Å². The van der Waals surface area contributed by atoms with Crippen LogP contribution in [0.5, 0.6) is 0 Å². The van der Waals surface area contributed by atoms with Crippen LogP contribution in [-0.4, -0.2) is 21.6 Å². The second-order valence-electron chi connectivity index (χ2n) is 6.65. The fourth-order valence-electron chi connectivity index (χ4n) is 3.15. The summed E-state index contributed by atoms with van der Waals surface area (Å²) in [6.07, 6.45) is 1.54. The van der Waals surface area contributed by atoms with Gasteiger partial charge in [0, 0.05) is 27.2 Å². The second-order valence-corrected chi connectivity index (χ2v) is 7.56. The Labute approximate surface area is 182 Å². The molecule has 2 aromatic carbocycles. The molecule has 7 heteroatoms. The van der Waals surface area contributed by atoms with Crippen LogP contribution < -0.4 is 5.32 Å². The zero-order valence-electron chi connectivity index (χ0n) is 16.3. The van der Waals surface area contributed by atoms with E-state index in [1.807, 2.05) is 54.8 Å². The molecule has 2 N–H and O–H groups in total. The Morgan fingerprint density at radius 2 is 1.83 bits per heavy atom. The number of nitrogens with zero attached hydrogens (tertiary/aromatic N) is 2. The van der Waals surface area contributed by atoms with Crippen LogP contribution in [-0.2, 0) is 4.79 Å². The lowest BCUT2D eigenvalue weighted by atomic mass is 10.1. The fourth-order valence-corrected chi connectivity index (χ4v) is 3.42. The lowest BCUT2D eigenvalue weighted by Crippen LogP contribution is -2.14. The Kier molecular flexibility index (Phi) is 6.19. The first-order chi connectivity index (χ1) is 14.3. The molecule has 0 saturated carbocycles. The first kappa shape index (κ1) is 21.1. The molecule has 1 aromatic heterocycles. The van der Waals surface area contributed by atoms with Gasteiger partial charge in [-0.3, -0.25) is 4.79 Å². The third-order valence-electron chi connectivity index (χ3n) is 4.59. The van der Waals surface area contributed by atoms with Gasteiger partial charge in [0.05, 0.1) is 5.56 Å². The van der Waals surface area contributed by atoms with Gasteiger partial charge in [0.2, 0.25) is 0 Å². The van der Waals surface area contributed by atoms with E-state index in [2.05, 4.69) is 21.2 Å². The summed E-state index contributed by atoms with van der Waals surface area (Å²) in [6.45, 7) is 3.88. The Hall–Kier alpha value is -3.63. The standard InChI is InChI=1S/C23H18BrN3O3/c1-14-10-17(15(2)27(14)21-8-6-19(24)7-9-21)11-18(13-25)22(28)26-20-5-3-4-16(12-20)23(29)30/h3-12H,1-2H3,(H,26,28)(H,29,30). The molecule has 1 amide bonds. The summed E-state index contributed by atoms with van der Waals surface area (Å²) >= 11 is 3.43. The molecule has 0 aliphatic rings. The van der Waals surface area contributed by atoms with Crippen molar-refractivity contribution in [2.24, 2.45) is 0 Å². The second kappa shape index (κ2) is 8.80. The van der Waals surface area contributed by atoms with Gasteiger partial charge in [-0.05, 0) is 74.0 Å². The van der Waals surface area contributed by atoms with Gasteiger partial charge < -0.3 is 15.0 Å². The Morgan fingerprint density at radius 1 is 1.13 bits per heavy atom. The van der Waals surface area contributed by atoms with Crippen LogP contribution in [0.3, 0.4) is 0 Å². The van der Waals surface area contributed by atoms with Crippen molar-refractivity contribution >= 4 is 39.6 Å². The van der Waals surface area contributed by atoms with E-state index in [1.165, 1.54) is 24.3 Å². The number of amides is 1. The number of anilines is 1. The van der Waals surface area contributed by atoms with Gasteiger partial charge in [-0.1, -0.05) is 22.0 Å². The van der Waals surface area contributed by atoms with Crippen molar-refractivity contribution in [2.45, 2.75) is 13.8 Å². The predicted octanol–water partition coefficient (Wildman–Crippen LogP) is 5.10. The molecule has 0 radical (unpaired) electrons. The first-order valence-electron chi connectivity index (χ1n) is 9.01. The summed E-state index contributed by atoms with van der Waals surface area (Å²) in [4.78, 5) is 23.7. The van der Waals surface area contributed by atoms with Gasteiger partial charge in [-0.15, -0.1) is 0 Å². The number of hydrogen-bond donors (Lipinski definition) is 2. The largest absolute Gasteiger partial charge is 0.478 e. The van der Waals surface area contributed by atoms with Gasteiger partial charge in [0.1, 0.15) is 11.6 Å².